The summed E-state index contributed by atoms with van der Waals surface area (Å²) in [7, 11) is 0. The Morgan fingerprint density at radius 1 is 1.00 bits per heavy atom. The lowest BCUT2D eigenvalue weighted by molar-refractivity contribution is -0.138. The quantitative estimate of drug-likeness (QED) is 0.393. The molecular formula is C27H30O3. The van der Waals surface area contributed by atoms with Crippen LogP contribution in [0.4, 0.5) is 0 Å². The van der Waals surface area contributed by atoms with E-state index in [4.69, 9.17) is 4.74 Å². The Balaban J connectivity index is 1.78. The van der Waals surface area contributed by atoms with Crippen molar-refractivity contribution in [3.63, 3.8) is 0 Å². The monoisotopic (exact) mass is 402 g/mol. The molecule has 4 saturated carbocycles. The molecule has 3 nitrogen and oxygen atoms in total. The van der Waals surface area contributed by atoms with Gasteiger partial charge in [0.2, 0.25) is 0 Å². The molecule has 4 bridgehead atoms. The van der Waals surface area contributed by atoms with E-state index in [1.165, 1.54) is 25.3 Å². The first-order valence-corrected chi connectivity index (χ1v) is 11.1. The van der Waals surface area contributed by atoms with E-state index >= 15 is 0 Å². The van der Waals surface area contributed by atoms with E-state index in [0.717, 1.165) is 24.0 Å². The molecular weight excluding hydrogens is 372 g/mol. The van der Waals surface area contributed by atoms with Crippen LogP contribution in [-0.4, -0.2) is 11.1 Å². The van der Waals surface area contributed by atoms with Gasteiger partial charge >= 0.3 is 5.97 Å². The van der Waals surface area contributed by atoms with Crippen LogP contribution in [0.15, 0.2) is 61.2 Å². The zero-order valence-corrected chi connectivity index (χ0v) is 17.9. The fourth-order valence-electron chi connectivity index (χ4n) is 7.84. The van der Waals surface area contributed by atoms with Crippen molar-refractivity contribution in [3.8, 4) is 11.5 Å². The standard InChI is InChI=1S/C27H30O3/c1-4-24(29)30-23-12-8-6-10-21(23)26(3)25(2)14-18-13-19(15-25)17-27(26,16-18)20-9-5-7-11-22(20)28/h4-12,18-19,28H,1,13-17H2,2-3H3. The molecule has 0 heterocycles. The van der Waals surface area contributed by atoms with Gasteiger partial charge in [0.05, 0.1) is 0 Å². The summed E-state index contributed by atoms with van der Waals surface area (Å²) in [5.41, 5.74) is 1.73. The van der Waals surface area contributed by atoms with Gasteiger partial charge in [0, 0.05) is 28.0 Å². The van der Waals surface area contributed by atoms with E-state index in [2.05, 4.69) is 32.6 Å². The summed E-state index contributed by atoms with van der Waals surface area (Å²) in [5.74, 6) is 1.93. The van der Waals surface area contributed by atoms with E-state index in [1.54, 1.807) is 0 Å². The number of rotatable bonds is 4. The number of phenols is 1. The second kappa shape index (κ2) is 6.47. The van der Waals surface area contributed by atoms with Gasteiger partial charge in [-0.1, -0.05) is 56.8 Å². The van der Waals surface area contributed by atoms with Crippen LogP contribution in [0.3, 0.4) is 0 Å². The van der Waals surface area contributed by atoms with Crippen molar-refractivity contribution in [3.05, 3.63) is 72.3 Å². The van der Waals surface area contributed by atoms with Gasteiger partial charge in [0.1, 0.15) is 11.5 Å². The third kappa shape index (κ3) is 2.41. The lowest BCUT2D eigenvalue weighted by Gasteiger charge is -2.72. The Hall–Kier alpha value is -2.55. The number of hydrogen-bond donors (Lipinski definition) is 1. The molecule has 156 valence electrons. The molecule has 4 fully saturated rings. The molecule has 3 unspecified atom stereocenters. The molecule has 6 rings (SSSR count). The topological polar surface area (TPSA) is 46.5 Å². The molecule has 0 radical (unpaired) electrons. The highest BCUT2D eigenvalue weighted by atomic mass is 16.5. The van der Waals surface area contributed by atoms with Gasteiger partial charge in [-0.25, -0.2) is 4.79 Å². The van der Waals surface area contributed by atoms with Crippen molar-refractivity contribution < 1.29 is 14.6 Å². The Morgan fingerprint density at radius 3 is 2.23 bits per heavy atom. The lowest BCUT2D eigenvalue weighted by Crippen LogP contribution is -2.68. The van der Waals surface area contributed by atoms with Crippen LogP contribution in [0.2, 0.25) is 0 Å². The van der Waals surface area contributed by atoms with Crippen molar-refractivity contribution >= 4 is 5.97 Å². The molecule has 3 heteroatoms. The molecule has 2 aromatic carbocycles. The van der Waals surface area contributed by atoms with Gasteiger partial charge in [-0.05, 0) is 61.5 Å². The van der Waals surface area contributed by atoms with Crippen LogP contribution >= 0.6 is 0 Å². The predicted octanol–water partition coefficient (Wildman–Crippen LogP) is 5.91. The maximum Gasteiger partial charge on any atom is 0.335 e. The average Bonchev–Trinajstić information content (AvgIpc) is 2.71. The fourth-order valence-corrected chi connectivity index (χ4v) is 7.84. The summed E-state index contributed by atoms with van der Waals surface area (Å²) in [4.78, 5) is 12.1. The van der Waals surface area contributed by atoms with E-state index < -0.39 is 5.97 Å². The number of benzene rings is 2. The highest BCUT2D eigenvalue weighted by molar-refractivity contribution is 5.83. The second-order valence-electron chi connectivity index (χ2n) is 10.2. The highest BCUT2D eigenvalue weighted by Gasteiger charge is 2.70. The van der Waals surface area contributed by atoms with Crippen LogP contribution in [0.5, 0.6) is 11.5 Å². The van der Waals surface area contributed by atoms with Gasteiger partial charge in [-0.2, -0.15) is 0 Å². The number of para-hydroxylation sites is 2. The van der Waals surface area contributed by atoms with Gasteiger partial charge < -0.3 is 9.84 Å². The minimum Gasteiger partial charge on any atom is -0.508 e. The van der Waals surface area contributed by atoms with Crippen LogP contribution in [-0.2, 0) is 15.6 Å². The number of ether oxygens (including phenoxy) is 1. The minimum atomic E-state index is -0.434. The highest BCUT2D eigenvalue weighted by Crippen LogP contribution is 2.75. The van der Waals surface area contributed by atoms with E-state index in [9.17, 15) is 9.90 Å². The molecule has 0 aromatic heterocycles. The molecule has 0 amide bonds. The van der Waals surface area contributed by atoms with Gasteiger partial charge in [-0.3, -0.25) is 0 Å². The largest absolute Gasteiger partial charge is 0.508 e. The number of hydrogen-bond acceptors (Lipinski definition) is 3. The summed E-state index contributed by atoms with van der Waals surface area (Å²) >= 11 is 0. The first-order chi connectivity index (χ1) is 14.3. The maximum atomic E-state index is 12.1. The number of phenolic OH excluding ortho intramolecular Hbond substituents is 1. The first kappa shape index (κ1) is 19.4. The predicted molar refractivity (Wildman–Crippen MR) is 118 cm³/mol. The van der Waals surface area contributed by atoms with Crippen molar-refractivity contribution in [2.45, 2.75) is 56.8 Å². The number of esters is 1. The fraction of sp³-hybridized carbons (Fsp3) is 0.444. The molecule has 2 aromatic rings. The van der Waals surface area contributed by atoms with Gasteiger partial charge in [-0.15, -0.1) is 0 Å². The molecule has 4 aliphatic carbocycles. The van der Waals surface area contributed by atoms with Gasteiger partial charge in [0.15, 0.2) is 0 Å². The Labute approximate surface area is 178 Å². The van der Waals surface area contributed by atoms with Crippen molar-refractivity contribution in [1.82, 2.24) is 0 Å². The summed E-state index contributed by atoms with van der Waals surface area (Å²) in [6.07, 6.45) is 7.01. The van der Waals surface area contributed by atoms with E-state index in [0.29, 0.717) is 23.3 Å². The smallest absolute Gasteiger partial charge is 0.335 e. The maximum absolute atomic E-state index is 12.1. The zero-order valence-electron chi connectivity index (χ0n) is 17.9. The average molecular weight is 403 g/mol. The van der Waals surface area contributed by atoms with Crippen LogP contribution in [0.25, 0.3) is 0 Å². The van der Waals surface area contributed by atoms with Crippen LogP contribution < -0.4 is 4.74 Å². The third-order valence-electron chi connectivity index (χ3n) is 8.81. The summed E-state index contributed by atoms with van der Waals surface area (Å²) in [6, 6.07) is 15.9. The molecule has 0 aliphatic heterocycles. The summed E-state index contributed by atoms with van der Waals surface area (Å²) in [5, 5.41) is 11.0. The molecule has 1 N–H and O–H groups in total. The third-order valence-corrected chi connectivity index (χ3v) is 8.81. The minimum absolute atomic E-state index is 0.0655. The molecule has 30 heavy (non-hydrogen) atoms. The second-order valence-corrected chi connectivity index (χ2v) is 10.2. The summed E-state index contributed by atoms with van der Waals surface area (Å²) < 4.78 is 5.75. The number of carbonyl (C=O) groups excluding carboxylic acids is 1. The Kier molecular flexibility index (Phi) is 4.19. The van der Waals surface area contributed by atoms with E-state index in [-0.39, 0.29) is 16.2 Å². The SMILES string of the molecule is C=CC(=O)Oc1ccccc1C1(C)C2(C)CC3CC(C2)CC1(c1ccccc1O)C3. The molecule has 4 aliphatic rings. The number of carbonyl (C=O) groups is 1. The lowest BCUT2D eigenvalue weighted by atomic mass is 9.32. The Bertz CT molecular complexity index is 1010. The normalized spacial score (nSPS) is 36.5. The van der Waals surface area contributed by atoms with Gasteiger partial charge in [0.25, 0.3) is 0 Å². The van der Waals surface area contributed by atoms with Crippen LogP contribution in [0, 0.1) is 17.3 Å². The Morgan fingerprint density at radius 2 is 1.60 bits per heavy atom. The number of aromatic hydroxyl groups is 1. The first-order valence-electron chi connectivity index (χ1n) is 11.1. The molecule has 3 atom stereocenters. The van der Waals surface area contributed by atoms with Crippen molar-refractivity contribution in [2.24, 2.45) is 17.3 Å². The molecule has 0 saturated heterocycles. The van der Waals surface area contributed by atoms with E-state index in [1.807, 2.05) is 36.4 Å². The summed E-state index contributed by atoms with van der Waals surface area (Å²) in [6.45, 7) is 8.35. The van der Waals surface area contributed by atoms with Crippen LogP contribution in [0.1, 0.15) is 57.1 Å². The molecule has 0 spiro atoms. The van der Waals surface area contributed by atoms with Crippen molar-refractivity contribution in [1.29, 1.82) is 0 Å². The zero-order chi connectivity index (χ0) is 21.1. The van der Waals surface area contributed by atoms with Crippen molar-refractivity contribution in [2.75, 3.05) is 0 Å².